The lowest BCUT2D eigenvalue weighted by Gasteiger charge is -2.16. The molecule has 0 aliphatic carbocycles. The monoisotopic (exact) mass is 207 g/mol. The number of nitrogens with one attached hydrogen (secondary N) is 1. The van der Waals surface area contributed by atoms with Crippen LogP contribution in [0.1, 0.15) is 10.4 Å². The van der Waals surface area contributed by atoms with Gasteiger partial charge in [0, 0.05) is 11.7 Å². The fourth-order valence-electron chi connectivity index (χ4n) is 1.04. The van der Waals surface area contributed by atoms with E-state index in [1.165, 1.54) is 0 Å². The van der Waals surface area contributed by atoms with Crippen LogP contribution in [0.4, 0.5) is 0 Å². The third-order valence-corrected chi connectivity index (χ3v) is 3.05. The van der Waals surface area contributed by atoms with Gasteiger partial charge in [-0.3, -0.25) is 4.79 Å². The number of carbonyl (C=O) groups excluding carboxylic acids is 1. The van der Waals surface area contributed by atoms with Gasteiger partial charge >= 0.3 is 0 Å². The normalized spacial score (nSPS) is 11.1. The van der Waals surface area contributed by atoms with Gasteiger partial charge in [-0.05, 0) is 12.1 Å². The van der Waals surface area contributed by atoms with Gasteiger partial charge in [-0.1, -0.05) is 37.8 Å². The molecule has 0 heterocycles. The van der Waals surface area contributed by atoms with Crippen molar-refractivity contribution in [3.8, 4) is 0 Å². The lowest BCUT2D eigenvalue weighted by atomic mass is 10.2. The molecule has 1 rings (SSSR count). The summed E-state index contributed by atoms with van der Waals surface area (Å²) in [6.45, 7) is 6.70. The van der Waals surface area contributed by atoms with E-state index in [-0.39, 0.29) is 5.91 Å². The highest BCUT2D eigenvalue weighted by molar-refractivity contribution is 6.76. The maximum Gasteiger partial charge on any atom is 0.250 e. The predicted octanol–water partition coefficient (Wildman–Crippen LogP) is 2.29. The van der Waals surface area contributed by atoms with E-state index in [4.69, 9.17) is 0 Å². The molecular weight excluding hydrogens is 190 g/mol. The summed E-state index contributed by atoms with van der Waals surface area (Å²) < 4.78 is 0. The van der Waals surface area contributed by atoms with E-state index >= 15 is 0 Å². The Hall–Kier alpha value is -1.09. The topological polar surface area (TPSA) is 29.1 Å². The molecule has 0 aromatic heterocycles. The van der Waals surface area contributed by atoms with Gasteiger partial charge < -0.3 is 5.32 Å². The third kappa shape index (κ3) is 3.74. The maximum absolute atomic E-state index is 11.6. The molecule has 1 aromatic carbocycles. The van der Waals surface area contributed by atoms with Gasteiger partial charge in [0.15, 0.2) is 0 Å². The molecule has 2 nitrogen and oxygen atoms in total. The van der Waals surface area contributed by atoms with Gasteiger partial charge in [0.2, 0.25) is 0 Å². The Kier molecular flexibility index (Phi) is 3.47. The average Bonchev–Trinajstić information content (AvgIpc) is 2.14. The molecule has 1 N–H and O–H groups in total. The molecule has 0 atom stereocenters. The van der Waals surface area contributed by atoms with Crippen LogP contribution in [0.25, 0.3) is 0 Å². The number of carbonyl (C=O) groups is 1. The van der Waals surface area contributed by atoms with Crippen molar-refractivity contribution in [2.45, 2.75) is 19.6 Å². The summed E-state index contributed by atoms with van der Waals surface area (Å²) in [5.41, 5.74) is 0.741. The van der Waals surface area contributed by atoms with Crippen molar-refractivity contribution in [2.75, 3.05) is 6.17 Å². The molecule has 0 saturated carbocycles. The molecule has 0 aliphatic rings. The Morgan fingerprint density at radius 2 is 1.79 bits per heavy atom. The van der Waals surface area contributed by atoms with Crippen molar-refractivity contribution in [3.63, 3.8) is 0 Å². The van der Waals surface area contributed by atoms with Gasteiger partial charge in [-0.2, -0.15) is 0 Å². The van der Waals surface area contributed by atoms with E-state index in [1.807, 2.05) is 30.3 Å². The number of hydrogen-bond acceptors (Lipinski definition) is 1. The first kappa shape index (κ1) is 11.0. The highest BCUT2D eigenvalue weighted by Crippen LogP contribution is 2.00. The Morgan fingerprint density at radius 3 is 2.29 bits per heavy atom. The van der Waals surface area contributed by atoms with Crippen molar-refractivity contribution in [3.05, 3.63) is 35.9 Å². The molecule has 3 heteroatoms. The fraction of sp³-hybridized carbons (Fsp3) is 0.364. The van der Waals surface area contributed by atoms with Crippen LogP contribution in [0.3, 0.4) is 0 Å². The van der Waals surface area contributed by atoms with Gasteiger partial charge in [0.05, 0.1) is 8.07 Å². The smallest absolute Gasteiger partial charge is 0.250 e. The van der Waals surface area contributed by atoms with E-state index in [9.17, 15) is 4.79 Å². The number of amides is 1. The summed E-state index contributed by atoms with van der Waals surface area (Å²) in [4.78, 5) is 11.6. The zero-order valence-electron chi connectivity index (χ0n) is 9.00. The summed E-state index contributed by atoms with van der Waals surface area (Å²) in [6.07, 6.45) is 0.834. The molecule has 1 amide bonds. The molecule has 14 heavy (non-hydrogen) atoms. The van der Waals surface area contributed by atoms with Gasteiger partial charge in [0.1, 0.15) is 0 Å². The zero-order chi connectivity index (χ0) is 10.6. The van der Waals surface area contributed by atoms with Crippen molar-refractivity contribution >= 4 is 14.0 Å². The second-order valence-electron chi connectivity index (χ2n) is 4.61. The van der Waals surface area contributed by atoms with Crippen LogP contribution in [0.5, 0.6) is 0 Å². The lowest BCUT2D eigenvalue weighted by molar-refractivity contribution is 0.0959. The maximum atomic E-state index is 11.6. The second-order valence-corrected chi connectivity index (χ2v) is 10.1. The van der Waals surface area contributed by atoms with E-state index in [0.29, 0.717) is 0 Å². The first-order valence-corrected chi connectivity index (χ1v) is 8.53. The van der Waals surface area contributed by atoms with Crippen LogP contribution in [0.15, 0.2) is 30.3 Å². The number of hydrogen-bond donors (Lipinski definition) is 1. The van der Waals surface area contributed by atoms with E-state index in [2.05, 4.69) is 25.0 Å². The van der Waals surface area contributed by atoms with Crippen molar-refractivity contribution in [1.82, 2.24) is 5.32 Å². The van der Waals surface area contributed by atoms with E-state index < -0.39 is 8.07 Å². The number of rotatable bonds is 3. The van der Waals surface area contributed by atoms with Gasteiger partial charge in [-0.15, -0.1) is 0 Å². The highest BCUT2D eigenvalue weighted by Gasteiger charge is 2.14. The third-order valence-electron chi connectivity index (χ3n) is 1.82. The molecule has 0 fully saturated rings. The molecule has 0 saturated heterocycles. The Labute approximate surface area is 86.3 Å². The molecule has 0 aliphatic heterocycles. The van der Waals surface area contributed by atoms with Gasteiger partial charge in [0.25, 0.3) is 5.91 Å². The number of benzene rings is 1. The fourth-order valence-corrected chi connectivity index (χ4v) is 1.73. The summed E-state index contributed by atoms with van der Waals surface area (Å²) in [6, 6.07) is 9.33. The van der Waals surface area contributed by atoms with Crippen molar-refractivity contribution in [1.29, 1.82) is 0 Å². The minimum absolute atomic E-state index is 0.0352. The predicted molar refractivity (Wildman–Crippen MR) is 62.1 cm³/mol. The molecule has 0 bridgehead atoms. The quantitative estimate of drug-likeness (QED) is 0.757. The average molecular weight is 207 g/mol. The summed E-state index contributed by atoms with van der Waals surface area (Å²) in [7, 11) is -1.18. The van der Waals surface area contributed by atoms with Crippen LogP contribution in [0.2, 0.25) is 19.6 Å². The molecule has 0 spiro atoms. The Bertz CT molecular complexity index is 303. The van der Waals surface area contributed by atoms with Crippen LogP contribution >= 0.6 is 0 Å². The SMILES string of the molecule is C[Si](C)(C)CNC(=O)c1ccccc1. The van der Waals surface area contributed by atoms with E-state index in [0.717, 1.165) is 11.7 Å². The molecule has 0 radical (unpaired) electrons. The second kappa shape index (κ2) is 4.42. The van der Waals surface area contributed by atoms with Crippen molar-refractivity contribution in [2.24, 2.45) is 0 Å². The minimum Gasteiger partial charge on any atom is -0.355 e. The first-order chi connectivity index (χ1) is 6.49. The van der Waals surface area contributed by atoms with Crippen LogP contribution in [0, 0.1) is 0 Å². The molecule has 0 unspecified atom stereocenters. The van der Waals surface area contributed by atoms with Crippen LogP contribution in [-0.2, 0) is 0 Å². The molecular formula is C11H17NOSi. The Morgan fingerprint density at radius 1 is 1.21 bits per heavy atom. The minimum atomic E-state index is -1.18. The highest BCUT2D eigenvalue weighted by atomic mass is 28.3. The van der Waals surface area contributed by atoms with Crippen molar-refractivity contribution < 1.29 is 4.79 Å². The van der Waals surface area contributed by atoms with Crippen LogP contribution in [-0.4, -0.2) is 20.1 Å². The summed E-state index contributed by atoms with van der Waals surface area (Å²) >= 11 is 0. The Balaban J connectivity index is 2.52. The summed E-state index contributed by atoms with van der Waals surface area (Å²) in [5, 5.41) is 2.96. The van der Waals surface area contributed by atoms with E-state index in [1.54, 1.807) is 0 Å². The zero-order valence-corrected chi connectivity index (χ0v) is 10.0. The molecule has 76 valence electrons. The molecule has 1 aromatic rings. The standard InChI is InChI=1S/C11H17NOSi/c1-14(2,3)9-12-11(13)10-7-5-4-6-8-10/h4-8H,9H2,1-3H3,(H,12,13). The first-order valence-electron chi connectivity index (χ1n) is 4.82. The summed E-state index contributed by atoms with van der Waals surface area (Å²) in [5.74, 6) is 0.0352. The lowest BCUT2D eigenvalue weighted by Crippen LogP contribution is -2.39. The van der Waals surface area contributed by atoms with Gasteiger partial charge in [-0.25, -0.2) is 0 Å². The largest absolute Gasteiger partial charge is 0.355 e. The van der Waals surface area contributed by atoms with Crippen LogP contribution < -0.4 is 5.32 Å².